The molecule has 1 amide bonds. The lowest BCUT2D eigenvalue weighted by molar-refractivity contribution is 0.0997. The molecule has 0 aliphatic rings. The maximum Gasteiger partial charge on any atom is 0.252 e. The van der Waals surface area contributed by atoms with E-state index >= 15 is 0 Å². The van der Waals surface area contributed by atoms with Gasteiger partial charge in [-0.25, -0.2) is 0 Å². The van der Waals surface area contributed by atoms with Gasteiger partial charge >= 0.3 is 0 Å². The van der Waals surface area contributed by atoms with Gasteiger partial charge in [0.2, 0.25) is 0 Å². The molecular weight excluding hydrogens is 336 g/mol. The first-order chi connectivity index (χ1) is 12.4. The number of aliphatic hydroxyl groups is 1. The number of hydrogen-bond donors (Lipinski definition) is 4. The van der Waals surface area contributed by atoms with Gasteiger partial charge in [-0.05, 0) is 42.8 Å². The van der Waals surface area contributed by atoms with Crippen molar-refractivity contribution in [3.05, 3.63) is 53.6 Å². The van der Waals surface area contributed by atoms with E-state index in [2.05, 4.69) is 5.32 Å². The molecule has 0 spiro atoms. The minimum absolute atomic E-state index is 0.0121. The number of nitrogens with one attached hydrogen (secondary N) is 1. The van der Waals surface area contributed by atoms with Crippen molar-refractivity contribution >= 4 is 5.91 Å². The van der Waals surface area contributed by atoms with Crippen LogP contribution in [0.3, 0.4) is 0 Å². The van der Waals surface area contributed by atoms with E-state index in [1.54, 1.807) is 25.3 Å². The first kappa shape index (κ1) is 19.6. The predicted octanol–water partition coefficient (Wildman–Crippen LogP) is 1.59. The summed E-state index contributed by atoms with van der Waals surface area (Å²) in [5.74, 6) is 0.265. The molecular formula is C19H24N2O5. The van der Waals surface area contributed by atoms with Gasteiger partial charge in [0, 0.05) is 12.6 Å². The minimum Gasteiger partial charge on any atom is -0.507 e. The van der Waals surface area contributed by atoms with E-state index in [4.69, 9.17) is 15.2 Å². The maximum atomic E-state index is 11.2. The van der Waals surface area contributed by atoms with Gasteiger partial charge in [-0.15, -0.1) is 0 Å². The number of ether oxygens (including phenoxy) is 2. The molecule has 2 unspecified atom stereocenters. The van der Waals surface area contributed by atoms with Gasteiger partial charge in [0.15, 0.2) is 0 Å². The zero-order chi connectivity index (χ0) is 19.1. The van der Waals surface area contributed by atoms with E-state index < -0.39 is 12.0 Å². The number of carbonyl (C=O) groups is 1. The van der Waals surface area contributed by atoms with E-state index in [0.717, 1.165) is 11.3 Å². The van der Waals surface area contributed by atoms with Crippen LogP contribution in [0.15, 0.2) is 42.5 Å². The normalized spacial score (nSPS) is 13.0. The van der Waals surface area contributed by atoms with Crippen LogP contribution >= 0.6 is 0 Å². The van der Waals surface area contributed by atoms with Gasteiger partial charge in [-0.1, -0.05) is 12.1 Å². The fraction of sp³-hybridized carbons (Fsp3) is 0.316. The third-order valence-corrected chi connectivity index (χ3v) is 3.89. The van der Waals surface area contributed by atoms with Crippen LogP contribution in [0.2, 0.25) is 0 Å². The summed E-state index contributed by atoms with van der Waals surface area (Å²) in [6, 6.07) is 11.5. The number of methoxy groups -OCH3 is 1. The molecule has 0 fully saturated rings. The summed E-state index contributed by atoms with van der Waals surface area (Å²) in [4.78, 5) is 11.2. The van der Waals surface area contributed by atoms with E-state index in [1.165, 1.54) is 12.1 Å². The third kappa shape index (κ3) is 5.37. The molecule has 0 saturated heterocycles. The number of phenols is 1. The topological polar surface area (TPSA) is 114 Å². The van der Waals surface area contributed by atoms with Gasteiger partial charge in [0.1, 0.15) is 23.9 Å². The zero-order valence-corrected chi connectivity index (χ0v) is 14.8. The van der Waals surface area contributed by atoms with Crippen molar-refractivity contribution in [2.45, 2.75) is 19.1 Å². The summed E-state index contributed by atoms with van der Waals surface area (Å²) in [5, 5.41) is 23.0. The summed E-state index contributed by atoms with van der Waals surface area (Å²) in [6.07, 6.45) is -0.654. The molecule has 26 heavy (non-hydrogen) atoms. The monoisotopic (exact) mass is 360 g/mol. The van der Waals surface area contributed by atoms with Gasteiger partial charge in [0.25, 0.3) is 5.91 Å². The van der Waals surface area contributed by atoms with Crippen molar-refractivity contribution in [3.8, 4) is 17.2 Å². The quantitative estimate of drug-likeness (QED) is 0.540. The summed E-state index contributed by atoms with van der Waals surface area (Å²) < 4.78 is 10.7. The molecule has 2 atom stereocenters. The third-order valence-electron chi connectivity index (χ3n) is 3.89. The van der Waals surface area contributed by atoms with Gasteiger partial charge in [-0.2, -0.15) is 0 Å². The molecule has 0 saturated carbocycles. The van der Waals surface area contributed by atoms with E-state index in [9.17, 15) is 15.0 Å². The summed E-state index contributed by atoms with van der Waals surface area (Å²) in [7, 11) is 1.59. The number of benzene rings is 2. The Balaban J connectivity index is 1.82. The van der Waals surface area contributed by atoms with Crippen LogP contribution in [-0.4, -0.2) is 42.4 Å². The van der Waals surface area contributed by atoms with E-state index in [-0.39, 0.29) is 17.4 Å². The van der Waals surface area contributed by atoms with Gasteiger partial charge in [0.05, 0.1) is 18.8 Å². The fourth-order valence-corrected chi connectivity index (χ4v) is 2.34. The zero-order valence-electron chi connectivity index (χ0n) is 14.8. The first-order valence-electron chi connectivity index (χ1n) is 8.21. The highest BCUT2D eigenvalue weighted by molar-refractivity contribution is 5.95. The molecule has 0 aliphatic heterocycles. The van der Waals surface area contributed by atoms with Gasteiger partial charge < -0.3 is 30.7 Å². The average Bonchev–Trinajstić information content (AvgIpc) is 2.65. The Morgan fingerprint density at radius 1 is 1.19 bits per heavy atom. The summed E-state index contributed by atoms with van der Waals surface area (Å²) in [6.45, 7) is 2.59. The molecule has 7 heteroatoms. The molecule has 5 N–H and O–H groups in total. The van der Waals surface area contributed by atoms with Crippen LogP contribution < -0.4 is 20.5 Å². The van der Waals surface area contributed by atoms with Crippen LogP contribution in [0.1, 0.15) is 28.9 Å². The number of hydrogen-bond acceptors (Lipinski definition) is 6. The van der Waals surface area contributed by atoms with Crippen molar-refractivity contribution in [2.75, 3.05) is 20.3 Å². The predicted molar refractivity (Wildman–Crippen MR) is 97.5 cm³/mol. The molecule has 2 aromatic carbocycles. The Kier molecular flexibility index (Phi) is 6.82. The molecule has 7 nitrogen and oxygen atoms in total. The van der Waals surface area contributed by atoms with E-state index in [1.807, 2.05) is 19.1 Å². The molecule has 0 aromatic heterocycles. The Bertz CT molecular complexity index is 733. The lowest BCUT2D eigenvalue weighted by Crippen LogP contribution is -2.34. The Hall–Kier alpha value is -2.77. The second-order valence-corrected chi connectivity index (χ2v) is 5.95. The highest BCUT2D eigenvalue weighted by Gasteiger charge is 2.12. The summed E-state index contributed by atoms with van der Waals surface area (Å²) in [5.41, 5.74) is 5.99. The lowest BCUT2D eigenvalue weighted by Gasteiger charge is -2.18. The Morgan fingerprint density at radius 3 is 2.46 bits per heavy atom. The number of aliphatic hydroxyl groups excluding tert-OH is 1. The highest BCUT2D eigenvalue weighted by Crippen LogP contribution is 2.22. The number of primary amides is 1. The highest BCUT2D eigenvalue weighted by atomic mass is 16.5. The van der Waals surface area contributed by atoms with Crippen molar-refractivity contribution < 1.29 is 24.5 Å². The molecule has 0 bridgehead atoms. The lowest BCUT2D eigenvalue weighted by atomic mass is 10.1. The van der Waals surface area contributed by atoms with Crippen molar-refractivity contribution in [2.24, 2.45) is 5.73 Å². The molecule has 140 valence electrons. The Labute approximate surface area is 152 Å². The Morgan fingerprint density at radius 2 is 1.85 bits per heavy atom. The fourth-order valence-electron chi connectivity index (χ4n) is 2.34. The molecule has 2 rings (SSSR count). The van der Waals surface area contributed by atoms with Crippen LogP contribution in [0, 0.1) is 0 Å². The summed E-state index contributed by atoms with van der Waals surface area (Å²) >= 11 is 0. The standard InChI is InChI=1S/C19H24N2O5/c1-12(11-26-15-7-8-17(22)16(9-15)19(20)24)21-10-18(23)13-3-5-14(25-2)6-4-13/h3-9,12,18,21-23H,10-11H2,1-2H3,(H2,20,24). The van der Waals surface area contributed by atoms with Crippen LogP contribution in [0.5, 0.6) is 17.2 Å². The second-order valence-electron chi connectivity index (χ2n) is 5.95. The molecule has 0 aliphatic carbocycles. The van der Waals surface area contributed by atoms with Crippen molar-refractivity contribution in [1.29, 1.82) is 0 Å². The largest absolute Gasteiger partial charge is 0.507 e. The number of nitrogens with two attached hydrogens (primary N) is 1. The molecule has 2 aromatic rings. The van der Waals surface area contributed by atoms with Crippen molar-refractivity contribution in [3.63, 3.8) is 0 Å². The van der Waals surface area contributed by atoms with Gasteiger partial charge in [-0.3, -0.25) is 4.79 Å². The second kappa shape index (κ2) is 9.07. The van der Waals surface area contributed by atoms with Crippen LogP contribution in [0.4, 0.5) is 0 Å². The first-order valence-corrected chi connectivity index (χ1v) is 8.21. The smallest absolute Gasteiger partial charge is 0.252 e. The molecule has 0 heterocycles. The minimum atomic E-state index is -0.721. The number of carbonyl (C=O) groups excluding carboxylic acids is 1. The van der Waals surface area contributed by atoms with Crippen LogP contribution in [0.25, 0.3) is 0 Å². The molecule has 0 radical (unpaired) electrons. The van der Waals surface area contributed by atoms with E-state index in [0.29, 0.717) is 18.9 Å². The number of rotatable bonds is 9. The number of aromatic hydroxyl groups is 1. The van der Waals surface area contributed by atoms with Crippen molar-refractivity contribution in [1.82, 2.24) is 5.32 Å². The SMILES string of the molecule is COc1ccc(C(O)CNC(C)COc2ccc(O)c(C(N)=O)c2)cc1. The number of amides is 1. The van der Waals surface area contributed by atoms with Crippen LogP contribution in [-0.2, 0) is 0 Å². The average molecular weight is 360 g/mol. The maximum absolute atomic E-state index is 11.2.